The SMILES string of the molecule is Cn1nnc(CC(=O)C2CCC2)n1. The molecule has 5 nitrogen and oxygen atoms in total. The highest BCUT2D eigenvalue weighted by molar-refractivity contribution is 5.83. The van der Waals surface area contributed by atoms with Gasteiger partial charge >= 0.3 is 0 Å². The normalized spacial score (nSPS) is 17.0. The lowest BCUT2D eigenvalue weighted by atomic mass is 9.81. The molecule has 0 atom stereocenters. The van der Waals surface area contributed by atoms with Crippen molar-refractivity contribution in [2.24, 2.45) is 13.0 Å². The van der Waals surface area contributed by atoms with E-state index >= 15 is 0 Å². The van der Waals surface area contributed by atoms with Crippen molar-refractivity contribution >= 4 is 5.78 Å². The number of ketones is 1. The molecule has 1 aliphatic rings. The molecule has 1 fully saturated rings. The van der Waals surface area contributed by atoms with Crippen molar-refractivity contribution in [3.05, 3.63) is 5.82 Å². The Bertz CT molecular complexity index is 316. The van der Waals surface area contributed by atoms with Crippen molar-refractivity contribution in [3.63, 3.8) is 0 Å². The standard InChI is InChI=1S/C8H12N4O/c1-12-10-8(9-11-12)5-7(13)6-3-2-4-6/h6H,2-5H2,1H3. The molecule has 0 saturated heterocycles. The molecule has 2 rings (SSSR count). The number of nitrogens with zero attached hydrogens (tertiary/aromatic N) is 4. The molecule has 13 heavy (non-hydrogen) atoms. The highest BCUT2D eigenvalue weighted by atomic mass is 16.1. The molecule has 0 N–H and O–H groups in total. The van der Waals surface area contributed by atoms with Gasteiger partial charge in [0.25, 0.3) is 0 Å². The van der Waals surface area contributed by atoms with Gasteiger partial charge < -0.3 is 0 Å². The van der Waals surface area contributed by atoms with E-state index in [4.69, 9.17) is 0 Å². The fourth-order valence-corrected chi connectivity index (χ4v) is 1.42. The van der Waals surface area contributed by atoms with Crippen LogP contribution in [0.5, 0.6) is 0 Å². The molecule has 0 aromatic carbocycles. The van der Waals surface area contributed by atoms with Crippen LogP contribution >= 0.6 is 0 Å². The van der Waals surface area contributed by atoms with Crippen LogP contribution in [0.4, 0.5) is 0 Å². The maximum atomic E-state index is 11.5. The maximum Gasteiger partial charge on any atom is 0.182 e. The van der Waals surface area contributed by atoms with Crippen LogP contribution in [0.15, 0.2) is 0 Å². The van der Waals surface area contributed by atoms with Crippen LogP contribution in [-0.2, 0) is 18.3 Å². The first-order valence-corrected chi connectivity index (χ1v) is 4.51. The van der Waals surface area contributed by atoms with E-state index in [1.165, 1.54) is 11.2 Å². The highest BCUT2D eigenvalue weighted by Gasteiger charge is 2.25. The quantitative estimate of drug-likeness (QED) is 0.663. The summed E-state index contributed by atoms with van der Waals surface area (Å²) < 4.78 is 0. The summed E-state index contributed by atoms with van der Waals surface area (Å²) in [6, 6.07) is 0. The number of carbonyl (C=O) groups is 1. The van der Waals surface area contributed by atoms with E-state index < -0.39 is 0 Å². The minimum atomic E-state index is 0.263. The second kappa shape index (κ2) is 3.24. The zero-order valence-corrected chi connectivity index (χ0v) is 7.60. The largest absolute Gasteiger partial charge is 0.299 e. The number of tetrazole rings is 1. The molecule has 0 bridgehead atoms. The number of aromatic nitrogens is 4. The minimum absolute atomic E-state index is 0.263. The number of hydrogen-bond acceptors (Lipinski definition) is 4. The molecular formula is C8H12N4O. The number of hydrogen-bond donors (Lipinski definition) is 0. The van der Waals surface area contributed by atoms with Gasteiger partial charge in [-0.15, -0.1) is 10.2 Å². The first kappa shape index (κ1) is 8.34. The van der Waals surface area contributed by atoms with E-state index in [-0.39, 0.29) is 11.7 Å². The molecule has 1 aromatic heterocycles. The smallest absolute Gasteiger partial charge is 0.182 e. The number of Topliss-reactive ketones (excluding diaryl/α,β-unsaturated/α-hetero) is 1. The number of carbonyl (C=O) groups excluding carboxylic acids is 1. The molecule has 5 heteroatoms. The van der Waals surface area contributed by atoms with Gasteiger partial charge in [-0.25, -0.2) is 0 Å². The summed E-state index contributed by atoms with van der Waals surface area (Å²) in [7, 11) is 1.70. The van der Waals surface area contributed by atoms with Crippen molar-refractivity contribution in [1.82, 2.24) is 20.2 Å². The van der Waals surface area contributed by atoms with Crippen molar-refractivity contribution in [1.29, 1.82) is 0 Å². The van der Waals surface area contributed by atoms with Crippen LogP contribution in [0.25, 0.3) is 0 Å². The van der Waals surface area contributed by atoms with Crippen molar-refractivity contribution < 1.29 is 4.79 Å². The van der Waals surface area contributed by atoms with E-state index in [1.807, 2.05) is 0 Å². The Kier molecular flexibility index (Phi) is 2.08. The Hall–Kier alpha value is -1.26. The van der Waals surface area contributed by atoms with Gasteiger partial charge in [0.05, 0.1) is 13.5 Å². The maximum absolute atomic E-state index is 11.5. The van der Waals surface area contributed by atoms with E-state index in [2.05, 4.69) is 15.4 Å². The second-order valence-electron chi connectivity index (χ2n) is 3.47. The summed E-state index contributed by atoms with van der Waals surface area (Å²) in [5.74, 6) is 1.07. The van der Waals surface area contributed by atoms with Crippen molar-refractivity contribution in [2.75, 3.05) is 0 Å². The molecule has 1 heterocycles. The van der Waals surface area contributed by atoms with Gasteiger partial charge in [-0.3, -0.25) is 4.79 Å². The van der Waals surface area contributed by atoms with Crippen molar-refractivity contribution in [3.8, 4) is 0 Å². The fourth-order valence-electron chi connectivity index (χ4n) is 1.42. The van der Waals surface area contributed by atoms with Crippen LogP contribution in [0.3, 0.4) is 0 Å². The molecule has 0 radical (unpaired) electrons. The van der Waals surface area contributed by atoms with E-state index in [0.29, 0.717) is 12.2 Å². The number of rotatable bonds is 3. The average molecular weight is 180 g/mol. The third kappa shape index (κ3) is 1.74. The Morgan fingerprint density at radius 2 is 2.38 bits per heavy atom. The van der Waals surface area contributed by atoms with E-state index in [0.717, 1.165) is 12.8 Å². The zero-order chi connectivity index (χ0) is 9.26. The lowest BCUT2D eigenvalue weighted by molar-refractivity contribution is -0.124. The molecule has 1 aromatic rings. The topological polar surface area (TPSA) is 60.7 Å². The van der Waals surface area contributed by atoms with Crippen LogP contribution in [0, 0.1) is 5.92 Å². The lowest BCUT2D eigenvalue weighted by Gasteiger charge is -2.22. The number of aryl methyl sites for hydroxylation is 1. The predicted octanol–water partition coefficient (Wildman–Crippen LogP) is 0.122. The monoisotopic (exact) mass is 180 g/mol. The van der Waals surface area contributed by atoms with Gasteiger partial charge in [0.15, 0.2) is 5.82 Å². The third-order valence-corrected chi connectivity index (χ3v) is 2.44. The summed E-state index contributed by atoms with van der Waals surface area (Å²) >= 11 is 0. The summed E-state index contributed by atoms with van der Waals surface area (Å²) in [4.78, 5) is 12.9. The predicted molar refractivity (Wildman–Crippen MR) is 44.9 cm³/mol. The summed E-state index contributed by atoms with van der Waals surface area (Å²) in [6.45, 7) is 0. The Balaban J connectivity index is 1.93. The summed E-state index contributed by atoms with van der Waals surface area (Å²) in [6.07, 6.45) is 3.61. The fraction of sp³-hybridized carbons (Fsp3) is 0.750. The van der Waals surface area contributed by atoms with Crippen LogP contribution < -0.4 is 0 Å². The molecule has 0 unspecified atom stereocenters. The first-order valence-electron chi connectivity index (χ1n) is 4.51. The second-order valence-corrected chi connectivity index (χ2v) is 3.47. The van der Waals surface area contributed by atoms with Crippen LogP contribution in [0.1, 0.15) is 25.1 Å². The summed E-state index contributed by atoms with van der Waals surface area (Å²) in [5, 5.41) is 11.4. The summed E-state index contributed by atoms with van der Waals surface area (Å²) in [5.41, 5.74) is 0. The van der Waals surface area contributed by atoms with Gasteiger partial charge in [-0.05, 0) is 18.1 Å². The molecule has 1 aliphatic carbocycles. The molecule has 0 spiro atoms. The van der Waals surface area contributed by atoms with E-state index in [9.17, 15) is 4.79 Å². The van der Waals surface area contributed by atoms with Gasteiger partial charge in [0.1, 0.15) is 5.78 Å². The van der Waals surface area contributed by atoms with Crippen molar-refractivity contribution in [2.45, 2.75) is 25.7 Å². The minimum Gasteiger partial charge on any atom is -0.299 e. The third-order valence-electron chi connectivity index (χ3n) is 2.44. The first-order chi connectivity index (χ1) is 6.25. The Labute approximate surface area is 76.1 Å². The van der Waals surface area contributed by atoms with Gasteiger partial charge in [-0.1, -0.05) is 6.42 Å². The lowest BCUT2D eigenvalue weighted by Crippen LogP contribution is -2.23. The van der Waals surface area contributed by atoms with Crippen LogP contribution in [0.2, 0.25) is 0 Å². The van der Waals surface area contributed by atoms with Crippen LogP contribution in [-0.4, -0.2) is 26.0 Å². The van der Waals surface area contributed by atoms with Gasteiger partial charge in [0.2, 0.25) is 0 Å². The Morgan fingerprint density at radius 1 is 1.62 bits per heavy atom. The van der Waals surface area contributed by atoms with E-state index in [1.54, 1.807) is 7.05 Å². The molecule has 1 saturated carbocycles. The molecule has 70 valence electrons. The molecule has 0 aliphatic heterocycles. The van der Waals surface area contributed by atoms with Gasteiger partial charge in [-0.2, -0.15) is 4.80 Å². The molecule has 0 amide bonds. The average Bonchev–Trinajstić information content (AvgIpc) is 2.31. The Morgan fingerprint density at radius 3 is 2.85 bits per heavy atom. The van der Waals surface area contributed by atoms with Gasteiger partial charge in [0, 0.05) is 5.92 Å². The zero-order valence-electron chi connectivity index (χ0n) is 7.60. The highest BCUT2D eigenvalue weighted by Crippen LogP contribution is 2.27. The molecular weight excluding hydrogens is 168 g/mol.